The molecule has 0 spiro atoms. The Balaban J connectivity index is 5.86. The smallest absolute Gasteiger partial charge is 0.221 e. The molecular weight excluding hydrogens is 1240 g/mol. The average molecular weight is 1410 g/mol. The lowest BCUT2D eigenvalue weighted by Crippen LogP contribution is -2.43. The highest BCUT2D eigenvalue weighted by Gasteiger charge is 2.17. The minimum atomic E-state index is 0.0723. The molecule has 0 saturated heterocycles. The van der Waals surface area contributed by atoms with Crippen molar-refractivity contribution in [3.63, 3.8) is 0 Å². The molecule has 5 amide bonds. The van der Waals surface area contributed by atoms with E-state index in [1.165, 1.54) is 289 Å². The van der Waals surface area contributed by atoms with Gasteiger partial charge < -0.3 is 46.6 Å². The van der Waals surface area contributed by atoms with Crippen molar-refractivity contribution in [1.29, 1.82) is 0 Å². The van der Waals surface area contributed by atoms with Gasteiger partial charge in [-0.05, 0) is 32.1 Å². The minimum Gasteiger partial charge on any atom is -0.356 e. The summed E-state index contributed by atoms with van der Waals surface area (Å²) >= 11 is 0. The lowest BCUT2D eigenvalue weighted by molar-refractivity contribution is -0.123. The number of unbranched alkanes of at least 4 members (excludes halogenated alkanes) is 50. The number of carbonyl (C=O) groups excluding carboxylic acids is 5. The van der Waals surface area contributed by atoms with Crippen molar-refractivity contribution in [2.75, 3.05) is 105 Å². The van der Waals surface area contributed by atoms with Crippen LogP contribution in [0.1, 0.15) is 420 Å². The molecular formula is C86H173N9O5. The van der Waals surface area contributed by atoms with Gasteiger partial charge in [0.2, 0.25) is 29.5 Å². The maximum atomic E-state index is 13.5. The van der Waals surface area contributed by atoms with Crippen molar-refractivity contribution in [2.24, 2.45) is 0 Å². The van der Waals surface area contributed by atoms with Gasteiger partial charge in [0.05, 0.1) is 0 Å². The number of nitrogens with one attached hydrogen (secondary N) is 6. The first kappa shape index (κ1) is 97.2. The molecule has 0 radical (unpaired) electrons. The van der Waals surface area contributed by atoms with Crippen molar-refractivity contribution in [1.82, 2.24) is 46.6 Å². The quantitative estimate of drug-likeness (QED) is 0.0325. The molecule has 0 aromatic heterocycles. The maximum absolute atomic E-state index is 13.5. The maximum Gasteiger partial charge on any atom is 0.221 e. The third-order valence-electron chi connectivity index (χ3n) is 20.7. The fourth-order valence-electron chi connectivity index (χ4n) is 13.7. The van der Waals surface area contributed by atoms with Crippen LogP contribution in [0.5, 0.6) is 0 Å². The molecule has 100 heavy (non-hydrogen) atoms. The van der Waals surface area contributed by atoms with Crippen molar-refractivity contribution in [3.05, 3.63) is 0 Å². The molecule has 14 nitrogen and oxygen atoms in total. The second kappa shape index (κ2) is 81.9. The summed E-state index contributed by atoms with van der Waals surface area (Å²) in [4.78, 5) is 73.6. The Bertz CT molecular complexity index is 1640. The summed E-state index contributed by atoms with van der Waals surface area (Å²) in [5, 5.41) is 19.7. The van der Waals surface area contributed by atoms with Crippen LogP contribution in [0.15, 0.2) is 0 Å². The Morgan fingerprint density at radius 3 is 0.480 bits per heavy atom. The highest BCUT2D eigenvalue weighted by molar-refractivity contribution is 5.77. The van der Waals surface area contributed by atoms with Gasteiger partial charge in [-0.15, -0.1) is 0 Å². The van der Waals surface area contributed by atoms with E-state index < -0.39 is 0 Å². The number of hydrogen-bond donors (Lipinski definition) is 6. The molecule has 0 aliphatic rings. The van der Waals surface area contributed by atoms with Crippen LogP contribution in [0.4, 0.5) is 0 Å². The van der Waals surface area contributed by atoms with Gasteiger partial charge in [0.25, 0.3) is 0 Å². The molecule has 0 aliphatic heterocycles. The number of amides is 5. The predicted octanol–water partition coefficient (Wildman–Crippen LogP) is 20.6. The van der Waals surface area contributed by atoms with Gasteiger partial charge >= 0.3 is 0 Å². The Morgan fingerprint density at radius 2 is 0.310 bits per heavy atom. The highest BCUT2D eigenvalue weighted by Crippen LogP contribution is 2.17. The standard InChI is InChI=1S/C86H173N9O5/c1-6-11-16-21-26-31-36-41-46-51-56-66-88-82(96)61-73-93(74-62-83(97)89-67-57-52-47-42-37-32-27-22-17-12-7-2)78-71-87-72-79-95(77-65-86(100)92-70-60-55-50-45-40-35-30-25-20-15-10-5)81-80-94(75-63-84(98)90-68-58-53-48-43-38-33-28-23-18-13-8-3)76-64-85(99)91-69-59-54-49-44-39-34-29-24-19-14-9-4/h87H,6-81H2,1-5H3,(H,88,96)(H,89,97)(H,90,98)(H,91,99)(H,92,100). The van der Waals surface area contributed by atoms with Crippen LogP contribution in [0, 0.1) is 0 Å². The molecule has 0 aromatic carbocycles. The lowest BCUT2D eigenvalue weighted by atomic mass is 10.1. The molecule has 592 valence electrons. The van der Waals surface area contributed by atoms with E-state index in [1.807, 2.05) is 0 Å². The van der Waals surface area contributed by atoms with Crippen LogP contribution in [-0.4, -0.2) is 149 Å². The van der Waals surface area contributed by atoms with E-state index in [0.29, 0.717) is 104 Å². The molecule has 14 heteroatoms. The number of carbonyl (C=O) groups is 5. The van der Waals surface area contributed by atoms with Crippen LogP contribution in [0.25, 0.3) is 0 Å². The molecule has 0 unspecified atom stereocenters. The zero-order valence-corrected chi connectivity index (χ0v) is 67.6. The summed E-state index contributed by atoms with van der Waals surface area (Å²) < 4.78 is 0. The van der Waals surface area contributed by atoms with Gasteiger partial charge in [-0.25, -0.2) is 0 Å². The third-order valence-corrected chi connectivity index (χ3v) is 20.7. The van der Waals surface area contributed by atoms with Gasteiger partial charge in [0.1, 0.15) is 0 Å². The number of hydrogen-bond acceptors (Lipinski definition) is 9. The van der Waals surface area contributed by atoms with Crippen molar-refractivity contribution < 1.29 is 24.0 Å². The Kier molecular flexibility index (Phi) is 79.6. The molecule has 0 heterocycles. The van der Waals surface area contributed by atoms with Gasteiger partial charge in [0, 0.05) is 137 Å². The van der Waals surface area contributed by atoms with Crippen LogP contribution >= 0.6 is 0 Å². The van der Waals surface area contributed by atoms with E-state index in [2.05, 4.69) is 81.2 Å². The molecule has 6 N–H and O–H groups in total. The Labute approximate surface area is 621 Å². The molecule has 0 atom stereocenters. The second-order valence-corrected chi connectivity index (χ2v) is 30.5. The number of nitrogens with zero attached hydrogens (tertiary/aromatic N) is 3. The fraction of sp³-hybridized carbons (Fsp3) is 0.942. The second-order valence-electron chi connectivity index (χ2n) is 30.5. The largest absolute Gasteiger partial charge is 0.356 e. The summed E-state index contributed by atoms with van der Waals surface area (Å²) in [6, 6.07) is 0. The lowest BCUT2D eigenvalue weighted by Gasteiger charge is -2.28. The van der Waals surface area contributed by atoms with E-state index in [4.69, 9.17) is 0 Å². The third kappa shape index (κ3) is 76.3. The first-order valence-corrected chi connectivity index (χ1v) is 44.4. The predicted molar refractivity (Wildman–Crippen MR) is 433 cm³/mol. The molecule has 0 aliphatic carbocycles. The average Bonchev–Trinajstić information content (AvgIpc) is 1.43. The minimum absolute atomic E-state index is 0.0723. The van der Waals surface area contributed by atoms with Gasteiger partial charge in [0.15, 0.2) is 0 Å². The molecule has 0 fully saturated rings. The van der Waals surface area contributed by atoms with E-state index >= 15 is 0 Å². The van der Waals surface area contributed by atoms with Crippen molar-refractivity contribution >= 4 is 29.5 Å². The van der Waals surface area contributed by atoms with E-state index in [0.717, 1.165) is 96.9 Å². The first-order valence-electron chi connectivity index (χ1n) is 44.4. The van der Waals surface area contributed by atoms with E-state index in [9.17, 15) is 24.0 Å². The topological polar surface area (TPSA) is 167 Å². The SMILES string of the molecule is CCCCCCCCCCCCCNC(=O)CCN(CCNCCN(CCC(=O)NCCCCCCCCCCCCC)CCN(CCC(=O)NCCCCCCCCCCCCC)CCC(=O)NCCCCCCCCCCCCC)CCC(=O)NCCCCCCCCCCCCC. The van der Waals surface area contributed by atoms with Crippen LogP contribution < -0.4 is 31.9 Å². The van der Waals surface area contributed by atoms with Gasteiger partial charge in [-0.1, -0.05) is 356 Å². The summed E-state index contributed by atoms with van der Waals surface area (Å²) in [5.74, 6) is 0.399. The normalized spacial score (nSPS) is 11.6. The molecule has 0 bridgehead atoms. The Hall–Kier alpha value is -2.81. The molecule has 0 aromatic rings. The summed E-state index contributed by atoms with van der Waals surface area (Å²) in [6.45, 7) is 22.2. The van der Waals surface area contributed by atoms with E-state index in [-0.39, 0.29) is 29.5 Å². The molecule has 0 saturated carbocycles. The summed E-state index contributed by atoms with van der Waals surface area (Å²) in [7, 11) is 0. The monoisotopic (exact) mass is 1410 g/mol. The fourth-order valence-corrected chi connectivity index (χ4v) is 13.7. The van der Waals surface area contributed by atoms with Crippen molar-refractivity contribution in [2.45, 2.75) is 420 Å². The van der Waals surface area contributed by atoms with Crippen LogP contribution in [0.3, 0.4) is 0 Å². The Morgan fingerprint density at radius 1 is 0.170 bits per heavy atom. The first-order chi connectivity index (χ1) is 49.2. The zero-order valence-electron chi connectivity index (χ0n) is 67.6. The van der Waals surface area contributed by atoms with E-state index in [1.54, 1.807) is 0 Å². The number of rotatable bonds is 84. The highest BCUT2D eigenvalue weighted by atomic mass is 16.2. The van der Waals surface area contributed by atoms with Gasteiger partial charge in [-0.2, -0.15) is 0 Å². The summed E-state index contributed by atoms with van der Waals surface area (Å²) in [6.07, 6.45) is 72.4. The van der Waals surface area contributed by atoms with Crippen LogP contribution in [0.2, 0.25) is 0 Å². The van der Waals surface area contributed by atoms with Crippen molar-refractivity contribution in [3.8, 4) is 0 Å². The van der Waals surface area contributed by atoms with Crippen LogP contribution in [-0.2, 0) is 24.0 Å². The summed E-state index contributed by atoms with van der Waals surface area (Å²) in [5.41, 5.74) is 0. The molecule has 0 rings (SSSR count). The van der Waals surface area contributed by atoms with Gasteiger partial charge in [-0.3, -0.25) is 24.0 Å². The zero-order chi connectivity index (χ0) is 72.6.